The minimum absolute atomic E-state index is 0.270. The van der Waals surface area contributed by atoms with Gasteiger partial charge in [0.05, 0.1) is 0 Å². The van der Waals surface area contributed by atoms with Crippen molar-refractivity contribution in [1.29, 1.82) is 0 Å². The Morgan fingerprint density at radius 3 is 1.58 bits per heavy atom. The Hall–Kier alpha value is 0.0400. The van der Waals surface area contributed by atoms with Gasteiger partial charge in [0.1, 0.15) is 0 Å². The van der Waals surface area contributed by atoms with E-state index in [1.54, 1.807) is 0 Å². The van der Waals surface area contributed by atoms with Crippen molar-refractivity contribution < 1.29 is 0 Å². The molecule has 0 fully saturated rings. The molecule has 2 nitrogen and oxygen atoms in total. The van der Waals surface area contributed by atoms with E-state index in [1.165, 1.54) is 0 Å². The third-order valence-electron chi connectivity index (χ3n) is 2.31. The first kappa shape index (κ1) is 8.63. The molecule has 64 valence electrons. The molecule has 2 atom stereocenters. The number of fused-ring (bicyclic) bond motifs is 1. The van der Waals surface area contributed by atoms with Crippen molar-refractivity contribution in [3.8, 4) is 0 Å². The molecule has 2 rings (SSSR count). The minimum atomic E-state index is -0.270. The van der Waals surface area contributed by atoms with Crippen LogP contribution in [-0.2, 0) is 12.8 Å². The minimum Gasteiger partial charge on any atom is -0.285 e. The molecule has 0 amide bonds. The van der Waals surface area contributed by atoms with E-state index in [0.717, 1.165) is 11.1 Å². The van der Waals surface area contributed by atoms with E-state index in [2.05, 4.69) is 31.9 Å². The Morgan fingerprint density at radius 1 is 0.917 bits per heavy atom. The van der Waals surface area contributed by atoms with Gasteiger partial charge in [-0.3, -0.25) is 9.59 Å². The molecule has 0 N–H and O–H groups in total. The van der Waals surface area contributed by atoms with Gasteiger partial charge in [0.15, 0.2) is 0 Å². The van der Waals surface area contributed by atoms with Gasteiger partial charge in [-0.25, -0.2) is 0 Å². The van der Waals surface area contributed by atoms with Crippen molar-refractivity contribution in [2.75, 3.05) is 0 Å². The fourth-order valence-corrected chi connectivity index (χ4v) is 2.58. The Morgan fingerprint density at radius 2 is 1.25 bits per heavy atom. The van der Waals surface area contributed by atoms with E-state index in [4.69, 9.17) is 0 Å². The average molecular weight is 294 g/mol. The second kappa shape index (κ2) is 2.77. The van der Waals surface area contributed by atoms with E-state index in [9.17, 15) is 9.59 Å². The molecule has 1 aromatic rings. The van der Waals surface area contributed by atoms with Crippen molar-refractivity contribution in [2.45, 2.75) is 22.5 Å². The lowest BCUT2D eigenvalue weighted by Crippen LogP contribution is -2.46. The molecule has 1 aliphatic rings. The molecule has 12 heavy (non-hydrogen) atoms. The Labute approximate surface area is 85.9 Å². The van der Waals surface area contributed by atoms with E-state index >= 15 is 0 Å². The summed E-state index contributed by atoms with van der Waals surface area (Å²) in [4.78, 5) is 22.6. The fraction of sp³-hybridized carbons (Fsp3) is 0.500. The summed E-state index contributed by atoms with van der Waals surface area (Å²) in [6.07, 6.45) is 1.38. The summed E-state index contributed by atoms with van der Waals surface area (Å²) in [6, 6.07) is 0. The van der Waals surface area contributed by atoms with Crippen LogP contribution in [0, 0.1) is 0 Å². The van der Waals surface area contributed by atoms with Gasteiger partial charge in [0.25, 0.3) is 0 Å². The Balaban J connectivity index is 2.43. The van der Waals surface area contributed by atoms with Crippen molar-refractivity contribution in [3.05, 3.63) is 31.6 Å². The van der Waals surface area contributed by atoms with E-state index in [0.29, 0.717) is 12.8 Å². The number of hydrogen-bond acceptors (Lipinski definition) is 2. The van der Waals surface area contributed by atoms with Crippen LogP contribution in [0.4, 0.5) is 0 Å². The molecule has 1 aromatic carbocycles. The first-order valence-electron chi connectivity index (χ1n) is 3.70. The van der Waals surface area contributed by atoms with E-state index in [-0.39, 0.29) is 20.5 Å². The van der Waals surface area contributed by atoms with E-state index < -0.39 is 0 Å². The summed E-state index contributed by atoms with van der Waals surface area (Å²) < 4.78 is 0. The molecule has 0 saturated heterocycles. The summed E-state index contributed by atoms with van der Waals surface area (Å²) >= 11 is 6.92. The molecular weight excluding hydrogens is 288 g/mol. The van der Waals surface area contributed by atoms with Gasteiger partial charge in [0.2, 0.25) is 10.9 Å². The second-order valence-corrected chi connectivity index (χ2v) is 5.41. The molecule has 0 aromatic heterocycles. The van der Waals surface area contributed by atoms with Gasteiger partial charge < -0.3 is 0 Å². The highest BCUT2D eigenvalue weighted by Gasteiger charge is 2.32. The van der Waals surface area contributed by atoms with Crippen molar-refractivity contribution >= 4 is 31.9 Å². The lowest BCUT2D eigenvalue weighted by Gasteiger charge is -2.25. The first-order valence-corrected chi connectivity index (χ1v) is 5.53. The number of halogens is 2. The van der Waals surface area contributed by atoms with Crippen LogP contribution in [0.5, 0.6) is 0 Å². The molecule has 0 aliphatic heterocycles. The highest BCUT2D eigenvalue weighted by molar-refractivity contribution is 9.12. The Kier molecular flexibility index (Phi) is 1.99. The monoisotopic (exact) mass is 292 g/mol. The summed E-state index contributed by atoms with van der Waals surface area (Å²) in [5.74, 6) is 0. The van der Waals surface area contributed by atoms with E-state index in [1.807, 2.05) is 0 Å². The van der Waals surface area contributed by atoms with Gasteiger partial charge in [-0.05, 0) is 12.8 Å². The molecule has 4 heteroatoms. The van der Waals surface area contributed by atoms with Crippen LogP contribution in [-0.4, -0.2) is 9.65 Å². The molecule has 1 aliphatic carbocycles. The maximum atomic E-state index is 11.0. The zero-order valence-electron chi connectivity index (χ0n) is 6.14. The van der Waals surface area contributed by atoms with Crippen molar-refractivity contribution in [3.63, 3.8) is 0 Å². The number of hydrogen-bond donors (Lipinski definition) is 0. The summed E-state index contributed by atoms with van der Waals surface area (Å²) in [6.45, 7) is 0. The highest BCUT2D eigenvalue weighted by Crippen LogP contribution is 2.27. The second-order valence-electron chi connectivity index (χ2n) is 3.06. The molecule has 2 unspecified atom stereocenters. The molecule has 0 bridgehead atoms. The third kappa shape index (κ3) is 1.04. The van der Waals surface area contributed by atoms with Crippen LogP contribution in [0.25, 0.3) is 0 Å². The normalized spacial score (nSPS) is 28.8. The maximum Gasteiger partial charge on any atom is 0.229 e. The lowest BCUT2D eigenvalue weighted by molar-refractivity contribution is 0.712. The van der Waals surface area contributed by atoms with Gasteiger partial charge >= 0.3 is 0 Å². The van der Waals surface area contributed by atoms with Gasteiger partial charge in [0, 0.05) is 20.8 Å². The zero-order valence-corrected chi connectivity index (χ0v) is 9.31. The zero-order chi connectivity index (χ0) is 8.88. The summed E-state index contributed by atoms with van der Waals surface area (Å²) in [5, 5.41) is 0. The highest BCUT2D eigenvalue weighted by atomic mass is 79.9. The van der Waals surface area contributed by atoms with Crippen LogP contribution in [0.1, 0.15) is 11.1 Å². The topological polar surface area (TPSA) is 34.1 Å². The molecule has 0 saturated carbocycles. The van der Waals surface area contributed by atoms with Crippen LogP contribution < -0.4 is 10.9 Å². The van der Waals surface area contributed by atoms with Gasteiger partial charge in [-0.1, -0.05) is 31.9 Å². The van der Waals surface area contributed by atoms with Crippen LogP contribution in [0.3, 0.4) is 0 Å². The van der Waals surface area contributed by atoms with Gasteiger partial charge in [-0.15, -0.1) is 0 Å². The molecule has 0 spiro atoms. The largest absolute Gasteiger partial charge is 0.285 e. The third-order valence-corrected chi connectivity index (χ3v) is 4.94. The number of rotatable bonds is 0. The first-order chi connectivity index (χ1) is 5.61. The van der Waals surface area contributed by atoms with Gasteiger partial charge in [-0.2, -0.15) is 0 Å². The number of alkyl halides is 2. The predicted octanol–water partition coefficient (Wildman–Crippen LogP) is 0.908. The van der Waals surface area contributed by atoms with Crippen LogP contribution >= 0.6 is 31.9 Å². The summed E-state index contributed by atoms with van der Waals surface area (Å²) in [7, 11) is 0. The SMILES string of the molecule is O=c1c2c(c1=O)CC(Br)C(Br)C2. The van der Waals surface area contributed by atoms with Crippen molar-refractivity contribution in [2.24, 2.45) is 0 Å². The maximum absolute atomic E-state index is 11.0. The standard InChI is InChI=1S/C8H6Br2O2/c9-5-1-3-4(2-6(5)10)8(12)7(3)11/h5-6H,1-2H2. The molecule has 0 radical (unpaired) electrons. The summed E-state index contributed by atoms with van der Waals surface area (Å²) in [5.41, 5.74) is 0.956. The van der Waals surface area contributed by atoms with Crippen molar-refractivity contribution in [1.82, 2.24) is 0 Å². The quantitative estimate of drug-likeness (QED) is 0.526. The smallest absolute Gasteiger partial charge is 0.229 e. The van der Waals surface area contributed by atoms with Crippen LogP contribution in [0.15, 0.2) is 9.59 Å². The predicted molar refractivity (Wildman–Crippen MR) is 54.2 cm³/mol. The molecule has 0 heterocycles. The lowest BCUT2D eigenvalue weighted by atomic mass is 9.87. The molecular formula is C8H6Br2O2. The van der Waals surface area contributed by atoms with Crippen LogP contribution in [0.2, 0.25) is 0 Å². The fourth-order valence-electron chi connectivity index (χ4n) is 1.56. The average Bonchev–Trinajstić information content (AvgIpc) is 2.08. The Bertz CT molecular complexity index is 352.